The Morgan fingerprint density at radius 3 is 2.45 bits per heavy atom. The molecule has 20 heavy (non-hydrogen) atoms. The summed E-state index contributed by atoms with van der Waals surface area (Å²) >= 11 is 0. The number of ether oxygens (including phenoxy) is 2. The van der Waals surface area contributed by atoms with Crippen LogP contribution in [0.2, 0.25) is 0 Å². The molecule has 1 N–H and O–H groups in total. The Hall–Kier alpha value is -1.71. The minimum Gasteiger partial charge on any atom is -0.493 e. The summed E-state index contributed by atoms with van der Waals surface area (Å²) in [4.78, 5) is 12.1. The van der Waals surface area contributed by atoms with Crippen LogP contribution in [0.25, 0.3) is 0 Å². The molecule has 0 saturated heterocycles. The van der Waals surface area contributed by atoms with Crippen LogP contribution in [0, 0.1) is 5.92 Å². The molecule has 0 bridgehead atoms. The Kier molecular flexibility index (Phi) is 6.91. The minimum atomic E-state index is -0.488. The smallest absolute Gasteiger partial charge is 0.261 e. The van der Waals surface area contributed by atoms with E-state index in [1.54, 1.807) is 7.11 Å². The molecule has 0 heterocycles. The van der Waals surface area contributed by atoms with Crippen LogP contribution in [0.4, 0.5) is 0 Å². The molecular weight excluding hydrogens is 254 g/mol. The van der Waals surface area contributed by atoms with Crippen molar-refractivity contribution in [1.82, 2.24) is 5.32 Å². The summed E-state index contributed by atoms with van der Waals surface area (Å²) in [6, 6.07) is 7.36. The Morgan fingerprint density at radius 1 is 1.25 bits per heavy atom. The van der Waals surface area contributed by atoms with E-state index in [-0.39, 0.29) is 5.91 Å². The molecule has 0 radical (unpaired) electrons. The number of hydrogen-bond donors (Lipinski definition) is 1. The molecule has 0 saturated carbocycles. The van der Waals surface area contributed by atoms with Crippen molar-refractivity contribution in [3.8, 4) is 11.5 Å². The molecule has 4 heteroatoms. The highest BCUT2D eigenvalue weighted by atomic mass is 16.5. The summed E-state index contributed by atoms with van der Waals surface area (Å²) in [5.74, 6) is 1.74. The summed E-state index contributed by atoms with van der Waals surface area (Å²) in [5.41, 5.74) is 0. The van der Waals surface area contributed by atoms with E-state index in [4.69, 9.17) is 9.47 Å². The summed E-state index contributed by atoms with van der Waals surface area (Å²) in [6.45, 7) is 6.88. The number of amides is 1. The van der Waals surface area contributed by atoms with Crippen LogP contribution in [0.15, 0.2) is 24.3 Å². The quantitative estimate of drug-likeness (QED) is 0.795. The Morgan fingerprint density at radius 2 is 1.90 bits per heavy atom. The zero-order valence-corrected chi connectivity index (χ0v) is 12.8. The predicted octanol–water partition coefficient (Wildman–Crippen LogP) is 3.01. The van der Waals surface area contributed by atoms with Gasteiger partial charge >= 0.3 is 0 Å². The number of para-hydroxylation sites is 2. The van der Waals surface area contributed by atoms with E-state index in [1.165, 1.54) is 0 Å². The van der Waals surface area contributed by atoms with Crippen molar-refractivity contribution in [2.24, 2.45) is 5.92 Å². The molecule has 1 aromatic rings. The van der Waals surface area contributed by atoms with Gasteiger partial charge in [-0.1, -0.05) is 32.9 Å². The number of nitrogens with one attached hydrogen (secondary N) is 1. The Bertz CT molecular complexity index is 418. The average Bonchev–Trinajstić information content (AvgIpc) is 2.44. The van der Waals surface area contributed by atoms with Gasteiger partial charge in [-0.2, -0.15) is 0 Å². The highest BCUT2D eigenvalue weighted by Gasteiger charge is 2.19. The molecule has 0 aliphatic heterocycles. The van der Waals surface area contributed by atoms with Crippen molar-refractivity contribution < 1.29 is 14.3 Å². The molecule has 0 spiro atoms. The molecule has 1 rings (SSSR count). The standard InChI is InChI=1S/C16H25NO3/c1-5-13(16(18)17-11-10-12(2)3)20-15-9-7-6-8-14(15)19-4/h6-9,12-13H,5,10-11H2,1-4H3,(H,17,18)/t13-/m1/s1. The van der Waals surface area contributed by atoms with Crippen LogP contribution in [0.1, 0.15) is 33.6 Å². The van der Waals surface area contributed by atoms with Crippen LogP contribution < -0.4 is 14.8 Å². The third-order valence-corrected chi connectivity index (χ3v) is 3.02. The number of hydrogen-bond acceptors (Lipinski definition) is 3. The summed E-state index contributed by atoms with van der Waals surface area (Å²) in [6.07, 6.45) is 1.10. The maximum Gasteiger partial charge on any atom is 0.261 e. The Labute approximate surface area is 121 Å². The van der Waals surface area contributed by atoms with Crippen molar-refractivity contribution >= 4 is 5.91 Å². The van der Waals surface area contributed by atoms with Gasteiger partial charge in [-0.05, 0) is 30.9 Å². The molecule has 1 aromatic carbocycles. The lowest BCUT2D eigenvalue weighted by Crippen LogP contribution is -2.38. The zero-order valence-electron chi connectivity index (χ0n) is 12.8. The van der Waals surface area contributed by atoms with Crippen molar-refractivity contribution in [3.05, 3.63) is 24.3 Å². The van der Waals surface area contributed by atoms with Gasteiger partial charge in [0.2, 0.25) is 0 Å². The second kappa shape index (κ2) is 8.46. The minimum absolute atomic E-state index is 0.0703. The first kappa shape index (κ1) is 16.3. The van der Waals surface area contributed by atoms with Crippen LogP contribution in [-0.4, -0.2) is 25.7 Å². The van der Waals surface area contributed by atoms with Gasteiger partial charge in [0.1, 0.15) is 0 Å². The topological polar surface area (TPSA) is 47.6 Å². The van der Waals surface area contributed by atoms with Gasteiger partial charge in [-0.3, -0.25) is 4.79 Å². The van der Waals surface area contributed by atoms with Crippen LogP contribution in [0.5, 0.6) is 11.5 Å². The van der Waals surface area contributed by atoms with E-state index in [1.807, 2.05) is 31.2 Å². The molecule has 0 aromatic heterocycles. The van der Waals surface area contributed by atoms with Gasteiger partial charge in [0.15, 0.2) is 17.6 Å². The maximum absolute atomic E-state index is 12.1. The van der Waals surface area contributed by atoms with Gasteiger partial charge in [-0.25, -0.2) is 0 Å². The molecule has 1 amide bonds. The van der Waals surface area contributed by atoms with Gasteiger partial charge < -0.3 is 14.8 Å². The second-order valence-electron chi connectivity index (χ2n) is 5.14. The molecule has 0 unspecified atom stereocenters. The monoisotopic (exact) mass is 279 g/mol. The zero-order chi connectivity index (χ0) is 15.0. The van der Waals surface area contributed by atoms with Gasteiger partial charge in [0, 0.05) is 6.54 Å². The van der Waals surface area contributed by atoms with E-state index in [2.05, 4.69) is 19.2 Å². The van der Waals surface area contributed by atoms with Gasteiger partial charge in [0.25, 0.3) is 5.91 Å². The van der Waals surface area contributed by atoms with Crippen molar-refractivity contribution in [3.63, 3.8) is 0 Å². The average molecular weight is 279 g/mol. The first-order chi connectivity index (χ1) is 9.58. The first-order valence-corrected chi connectivity index (χ1v) is 7.15. The van der Waals surface area contributed by atoms with Crippen LogP contribution >= 0.6 is 0 Å². The van der Waals surface area contributed by atoms with Crippen molar-refractivity contribution in [2.75, 3.05) is 13.7 Å². The van der Waals surface area contributed by atoms with E-state index in [0.717, 1.165) is 6.42 Å². The lowest BCUT2D eigenvalue weighted by Gasteiger charge is -2.19. The Balaban J connectivity index is 2.59. The summed E-state index contributed by atoms with van der Waals surface area (Å²) in [7, 11) is 1.59. The van der Waals surface area contributed by atoms with Crippen LogP contribution in [0.3, 0.4) is 0 Å². The summed E-state index contributed by atoms with van der Waals surface area (Å²) < 4.78 is 11.0. The van der Waals surface area contributed by atoms with Crippen LogP contribution in [-0.2, 0) is 4.79 Å². The third kappa shape index (κ3) is 5.11. The molecule has 0 fully saturated rings. The number of carbonyl (C=O) groups is 1. The highest BCUT2D eigenvalue weighted by molar-refractivity contribution is 5.81. The molecular formula is C16H25NO3. The van der Waals surface area contributed by atoms with E-state index in [9.17, 15) is 4.79 Å². The lowest BCUT2D eigenvalue weighted by atomic mass is 10.1. The number of rotatable bonds is 8. The van der Waals surface area contributed by atoms with Gasteiger partial charge in [-0.15, -0.1) is 0 Å². The number of carbonyl (C=O) groups excluding carboxylic acids is 1. The van der Waals surface area contributed by atoms with E-state index in [0.29, 0.717) is 30.4 Å². The number of benzene rings is 1. The van der Waals surface area contributed by atoms with E-state index >= 15 is 0 Å². The SMILES string of the molecule is CC[C@@H](Oc1ccccc1OC)C(=O)NCCC(C)C. The third-order valence-electron chi connectivity index (χ3n) is 3.02. The van der Waals surface area contributed by atoms with Gasteiger partial charge in [0.05, 0.1) is 7.11 Å². The fourth-order valence-electron chi connectivity index (χ4n) is 1.79. The van der Waals surface area contributed by atoms with Crippen molar-refractivity contribution in [1.29, 1.82) is 0 Å². The van der Waals surface area contributed by atoms with Crippen molar-refractivity contribution in [2.45, 2.75) is 39.7 Å². The highest BCUT2D eigenvalue weighted by Crippen LogP contribution is 2.27. The first-order valence-electron chi connectivity index (χ1n) is 7.15. The molecule has 0 aliphatic carbocycles. The lowest BCUT2D eigenvalue weighted by molar-refractivity contribution is -0.128. The van der Waals surface area contributed by atoms with E-state index < -0.39 is 6.10 Å². The normalized spacial score (nSPS) is 12.1. The predicted molar refractivity (Wildman–Crippen MR) is 80.2 cm³/mol. The largest absolute Gasteiger partial charge is 0.493 e. The molecule has 0 aliphatic rings. The summed E-state index contributed by atoms with van der Waals surface area (Å²) in [5, 5.41) is 2.92. The number of methoxy groups -OCH3 is 1. The molecule has 1 atom stereocenters. The maximum atomic E-state index is 12.1. The molecule has 4 nitrogen and oxygen atoms in total. The fraction of sp³-hybridized carbons (Fsp3) is 0.562. The fourth-order valence-corrected chi connectivity index (χ4v) is 1.79. The molecule has 112 valence electrons. The second-order valence-corrected chi connectivity index (χ2v) is 5.14.